The lowest BCUT2D eigenvalue weighted by Crippen LogP contribution is -2.31. The van der Waals surface area contributed by atoms with Gasteiger partial charge in [-0.1, -0.05) is 23.2 Å². The van der Waals surface area contributed by atoms with Crippen LogP contribution < -0.4 is 22.2 Å². The van der Waals surface area contributed by atoms with Gasteiger partial charge in [-0.3, -0.25) is 46.8 Å². The number of benzene rings is 2. The molecule has 2 unspecified atom stereocenters. The summed E-state index contributed by atoms with van der Waals surface area (Å²) < 4.78 is 22.3. The number of hydrogen-bond acceptors (Lipinski definition) is 10. The normalized spacial score (nSPS) is 20.4. The minimum absolute atomic E-state index is 0.0560. The highest BCUT2D eigenvalue weighted by Crippen LogP contribution is 2.41. The van der Waals surface area contributed by atoms with E-state index in [-0.39, 0.29) is 46.3 Å². The van der Waals surface area contributed by atoms with Crippen molar-refractivity contribution in [3.63, 3.8) is 0 Å². The lowest BCUT2D eigenvalue weighted by Gasteiger charge is -2.29. The molecule has 8 heterocycles. The molecule has 2 aliphatic carbocycles. The highest BCUT2D eigenvalue weighted by molar-refractivity contribution is 6.30. The molecule has 16 nitrogen and oxygen atoms in total. The summed E-state index contributed by atoms with van der Waals surface area (Å²) in [4.78, 5) is 63.6. The van der Waals surface area contributed by atoms with Crippen molar-refractivity contribution in [1.29, 1.82) is 0 Å². The van der Waals surface area contributed by atoms with E-state index >= 15 is 0 Å². The van der Waals surface area contributed by atoms with E-state index in [9.17, 15) is 19.2 Å². The molecule has 2 saturated heterocycles. The van der Waals surface area contributed by atoms with Gasteiger partial charge in [-0.05, 0) is 138 Å². The van der Waals surface area contributed by atoms with Crippen LogP contribution in [0.1, 0.15) is 121 Å². The van der Waals surface area contributed by atoms with E-state index in [1.54, 1.807) is 97.7 Å². The predicted molar refractivity (Wildman–Crippen MR) is 267 cm³/mol. The zero-order valence-corrected chi connectivity index (χ0v) is 40.8. The van der Waals surface area contributed by atoms with Crippen LogP contribution in [0.2, 0.25) is 10.0 Å². The van der Waals surface area contributed by atoms with Crippen molar-refractivity contribution in [1.82, 2.24) is 47.8 Å². The Morgan fingerprint density at radius 2 is 0.929 bits per heavy atom. The molecule has 4 fully saturated rings. The first kappa shape index (κ1) is 46.0. The summed E-state index contributed by atoms with van der Waals surface area (Å²) in [6, 6.07) is 18.6. The SMILES string of the molecule is Cc1nc2c(cc(C3CCOC(c4cnn(C5CC5)c4)C3)c(=O)n2-c2ccc(Cl)cc2)c(=O)n1C.Cc1nc2c(cc([C@@H]3CCO[C@H](c4cnn(C5CC5)c4)C3)c(=O)n2-c2ccc(Cl)cc2)c(=O)n1C. The van der Waals surface area contributed by atoms with Gasteiger partial charge >= 0.3 is 0 Å². The van der Waals surface area contributed by atoms with Gasteiger partial charge in [0, 0.05) is 72.0 Å². The monoisotopic (exact) mass is 982 g/mol. The van der Waals surface area contributed by atoms with Gasteiger partial charge in [0.15, 0.2) is 11.3 Å². The molecule has 4 atom stereocenters. The molecule has 2 aliphatic heterocycles. The van der Waals surface area contributed by atoms with Gasteiger partial charge in [0.2, 0.25) is 0 Å². The molecule has 0 amide bonds. The number of ether oxygens (including phenoxy) is 2. The predicted octanol–water partition coefficient (Wildman–Crippen LogP) is 8.43. The van der Waals surface area contributed by atoms with E-state index in [4.69, 9.17) is 32.7 Å². The Labute approximate surface area is 411 Å². The Balaban J connectivity index is 0.000000152. The summed E-state index contributed by atoms with van der Waals surface area (Å²) in [5.41, 5.74) is 4.57. The van der Waals surface area contributed by atoms with E-state index in [0.29, 0.717) is 117 Å². The van der Waals surface area contributed by atoms with Gasteiger partial charge in [-0.15, -0.1) is 0 Å². The van der Waals surface area contributed by atoms with Crippen molar-refractivity contribution < 1.29 is 9.47 Å². The van der Waals surface area contributed by atoms with Crippen LogP contribution in [0.15, 0.2) is 105 Å². The summed E-state index contributed by atoms with van der Waals surface area (Å²) in [7, 11) is 3.40. The van der Waals surface area contributed by atoms with Gasteiger partial charge in [0.1, 0.15) is 11.6 Å². The molecule has 18 heteroatoms. The Bertz CT molecular complexity index is 3330. The van der Waals surface area contributed by atoms with Crippen LogP contribution in [0.25, 0.3) is 33.4 Å². The lowest BCUT2D eigenvalue weighted by molar-refractivity contribution is 0.00490. The molecular weight excluding hydrogens is 932 g/mol. The van der Waals surface area contributed by atoms with Crippen LogP contribution in [0.3, 0.4) is 0 Å². The van der Waals surface area contributed by atoms with Crippen LogP contribution >= 0.6 is 23.2 Å². The van der Waals surface area contributed by atoms with Crippen LogP contribution in [0.4, 0.5) is 0 Å². The number of fused-ring (bicyclic) bond motifs is 2. The fraction of sp³-hybridized carbons (Fsp3) is 0.385. The molecule has 360 valence electrons. The summed E-state index contributed by atoms with van der Waals surface area (Å²) in [6.07, 6.45) is 15.0. The topological polar surface area (TPSA) is 168 Å². The molecule has 0 bridgehead atoms. The molecule has 8 aromatic rings. The number of aromatic nitrogens is 10. The number of hydrogen-bond donors (Lipinski definition) is 0. The van der Waals surface area contributed by atoms with Gasteiger partial charge in [-0.2, -0.15) is 10.2 Å². The minimum Gasteiger partial charge on any atom is -0.373 e. The third kappa shape index (κ3) is 8.64. The molecule has 12 rings (SSSR count). The van der Waals surface area contributed by atoms with E-state index < -0.39 is 0 Å². The van der Waals surface area contributed by atoms with E-state index in [2.05, 4.69) is 32.6 Å². The fourth-order valence-electron chi connectivity index (χ4n) is 9.89. The molecule has 0 N–H and O–H groups in total. The maximum Gasteiger partial charge on any atom is 0.262 e. The van der Waals surface area contributed by atoms with E-state index in [1.165, 1.54) is 34.8 Å². The summed E-state index contributed by atoms with van der Waals surface area (Å²) in [5.74, 6) is 0.964. The van der Waals surface area contributed by atoms with Gasteiger partial charge < -0.3 is 9.47 Å². The smallest absolute Gasteiger partial charge is 0.262 e. The molecular formula is C52H52Cl2N10O6. The van der Waals surface area contributed by atoms with Crippen molar-refractivity contribution in [3.8, 4) is 11.4 Å². The zero-order chi connectivity index (χ0) is 48.5. The van der Waals surface area contributed by atoms with Gasteiger partial charge in [0.25, 0.3) is 22.2 Å². The minimum atomic E-state index is -0.175. The van der Waals surface area contributed by atoms with Crippen molar-refractivity contribution in [3.05, 3.63) is 171 Å². The van der Waals surface area contributed by atoms with Crippen molar-refractivity contribution in [2.75, 3.05) is 13.2 Å². The second kappa shape index (κ2) is 18.4. The van der Waals surface area contributed by atoms with E-state index in [0.717, 1.165) is 11.1 Å². The second-order valence-electron chi connectivity index (χ2n) is 19.1. The number of nitrogens with zero attached hydrogens (tertiary/aromatic N) is 10. The molecule has 2 aromatic carbocycles. The van der Waals surface area contributed by atoms with Crippen LogP contribution in [0.5, 0.6) is 0 Å². The van der Waals surface area contributed by atoms with Gasteiger partial charge in [0.05, 0.1) is 58.8 Å². The van der Waals surface area contributed by atoms with Crippen molar-refractivity contribution >= 4 is 45.3 Å². The van der Waals surface area contributed by atoms with Crippen LogP contribution in [-0.2, 0) is 23.6 Å². The first-order valence-electron chi connectivity index (χ1n) is 23.9. The average molecular weight is 984 g/mol. The fourth-order valence-corrected chi connectivity index (χ4v) is 10.1. The molecule has 4 aliphatic rings. The standard InChI is InChI=1S/2C26H26ClN5O3/c2*1-15-29-24-22(25(33)30(15)2)12-21(26(34)32(24)20-5-3-18(27)4-6-20)16-9-10-35-23(11-16)17-13-28-31(14-17)19-7-8-19/h2*3-6,12-14,16,19,23H,7-11H2,1-2H3/t16-,23+;/m1./s1. The van der Waals surface area contributed by atoms with Crippen molar-refractivity contribution in [2.24, 2.45) is 14.1 Å². The summed E-state index contributed by atoms with van der Waals surface area (Å²) in [5, 5.41) is 11.0. The lowest BCUT2D eigenvalue weighted by atomic mass is 9.87. The zero-order valence-electron chi connectivity index (χ0n) is 39.3. The number of aryl methyl sites for hydroxylation is 2. The Morgan fingerprint density at radius 1 is 0.543 bits per heavy atom. The first-order valence-corrected chi connectivity index (χ1v) is 24.7. The molecule has 2 saturated carbocycles. The molecule has 0 radical (unpaired) electrons. The Hall–Kier alpha value is -6.46. The number of halogens is 2. The largest absolute Gasteiger partial charge is 0.373 e. The third-order valence-electron chi connectivity index (χ3n) is 14.4. The molecule has 6 aromatic heterocycles. The Kier molecular flexibility index (Phi) is 12.1. The first-order chi connectivity index (χ1) is 33.8. The molecule has 0 spiro atoms. The second-order valence-corrected chi connectivity index (χ2v) is 20.0. The highest BCUT2D eigenvalue weighted by atomic mass is 35.5. The maximum atomic E-state index is 13.9. The van der Waals surface area contributed by atoms with Gasteiger partial charge in [-0.25, -0.2) is 9.97 Å². The van der Waals surface area contributed by atoms with Crippen molar-refractivity contribution in [2.45, 2.75) is 101 Å². The number of pyridine rings is 2. The quantitative estimate of drug-likeness (QED) is 0.144. The average Bonchev–Trinajstić information content (AvgIpc) is 4.30. The summed E-state index contributed by atoms with van der Waals surface area (Å²) >= 11 is 12.2. The van der Waals surface area contributed by atoms with Crippen LogP contribution in [-0.4, -0.2) is 61.0 Å². The Morgan fingerprint density at radius 3 is 1.30 bits per heavy atom. The highest BCUT2D eigenvalue weighted by Gasteiger charge is 2.33. The maximum absolute atomic E-state index is 13.9. The number of rotatable bonds is 8. The summed E-state index contributed by atoms with van der Waals surface area (Å²) in [6.45, 7) is 4.59. The van der Waals surface area contributed by atoms with Crippen LogP contribution in [0, 0.1) is 13.8 Å². The third-order valence-corrected chi connectivity index (χ3v) is 14.9. The van der Waals surface area contributed by atoms with E-state index in [1.807, 2.05) is 21.8 Å². The molecule has 70 heavy (non-hydrogen) atoms.